The summed E-state index contributed by atoms with van der Waals surface area (Å²) in [5.41, 5.74) is -1.14. The Bertz CT molecular complexity index is 634. The summed E-state index contributed by atoms with van der Waals surface area (Å²) < 4.78 is 64.5. The molecule has 21 heavy (non-hydrogen) atoms. The maximum atomic E-state index is 12.8. The minimum absolute atomic E-state index is 0.0529. The highest BCUT2D eigenvalue weighted by atomic mass is 35.5. The molecule has 118 valence electrons. The molecule has 1 aliphatic rings. The van der Waals surface area contributed by atoms with Crippen molar-refractivity contribution in [1.82, 2.24) is 9.62 Å². The fourth-order valence-corrected chi connectivity index (χ4v) is 3.93. The molecule has 1 saturated heterocycles. The van der Waals surface area contributed by atoms with Crippen LogP contribution in [0.15, 0.2) is 23.1 Å². The van der Waals surface area contributed by atoms with E-state index in [1.54, 1.807) is 0 Å². The van der Waals surface area contributed by atoms with Gasteiger partial charge in [-0.15, -0.1) is 0 Å². The summed E-state index contributed by atoms with van der Waals surface area (Å²) in [5.74, 6) is 0. The number of nitrogens with one attached hydrogen (secondary N) is 1. The second kappa shape index (κ2) is 5.75. The van der Waals surface area contributed by atoms with Crippen LogP contribution in [0.1, 0.15) is 12.5 Å². The number of alkyl halides is 3. The third kappa shape index (κ3) is 3.50. The lowest BCUT2D eigenvalue weighted by atomic mass is 10.2. The molecule has 1 heterocycles. The van der Waals surface area contributed by atoms with E-state index in [2.05, 4.69) is 5.32 Å². The molecular formula is C12H14ClF3N2O2S. The van der Waals surface area contributed by atoms with Crippen molar-refractivity contribution in [2.45, 2.75) is 24.0 Å². The van der Waals surface area contributed by atoms with Gasteiger partial charge in [0.05, 0.1) is 15.5 Å². The predicted octanol–water partition coefficient (Wildman–Crippen LogP) is 2.34. The fourth-order valence-electron chi connectivity index (χ4n) is 2.15. The van der Waals surface area contributed by atoms with Crippen molar-refractivity contribution in [3.05, 3.63) is 28.8 Å². The number of hydrogen-bond donors (Lipinski definition) is 1. The minimum Gasteiger partial charge on any atom is -0.312 e. The molecule has 0 bridgehead atoms. The molecule has 0 spiro atoms. The highest BCUT2D eigenvalue weighted by molar-refractivity contribution is 7.89. The Morgan fingerprint density at radius 2 is 2.05 bits per heavy atom. The molecule has 1 fully saturated rings. The van der Waals surface area contributed by atoms with Crippen molar-refractivity contribution in [1.29, 1.82) is 0 Å². The largest absolute Gasteiger partial charge is 0.417 e. The van der Waals surface area contributed by atoms with E-state index in [9.17, 15) is 21.6 Å². The van der Waals surface area contributed by atoms with Crippen molar-refractivity contribution < 1.29 is 21.6 Å². The van der Waals surface area contributed by atoms with Crippen LogP contribution in [0.5, 0.6) is 0 Å². The first-order valence-corrected chi connectivity index (χ1v) is 8.04. The Kier molecular flexibility index (Phi) is 4.53. The van der Waals surface area contributed by atoms with E-state index in [-0.39, 0.29) is 19.1 Å². The Hall–Kier alpha value is -0.830. The topological polar surface area (TPSA) is 49.4 Å². The van der Waals surface area contributed by atoms with Crippen LogP contribution in [0.3, 0.4) is 0 Å². The first-order chi connectivity index (χ1) is 9.62. The van der Waals surface area contributed by atoms with Gasteiger partial charge in [0.2, 0.25) is 10.0 Å². The molecule has 0 saturated carbocycles. The first-order valence-electron chi connectivity index (χ1n) is 6.22. The van der Waals surface area contributed by atoms with Crippen LogP contribution >= 0.6 is 11.6 Å². The van der Waals surface area contributed by atoms with Gasteiger partial charge in [0, 0.05) is 25.7 Å². The van der Waals surface area contributed by atoms with Gasteiger partial charge in [-0.1, -0.05) is 11.6 Å². The lowest BCUT2D eigenvalue weighted by molar-refractivity contribution is -0.137. The van der Waals surface area contributed by atoms with Gasteiger partial charge < -0.3 is 5.32 Å². The molecule has 1 aromatic carbocycles. The zero-order valence-corrected chi connectivity index (χ0v) is 12.7. The fraction of sp³-hybridized carbons (Fsp3) is 0.500. The van der Waals surface area contributed by atoms with Crippen molar-refractivity contribution in [3.8, 4) is 0 Å². The molecule has 1 aromatic rings. The summed E-state index contributed by atoms with van der Waals surface area (Å²) in [6.45, 7) is 2.70. The Morgan fingerprint density at radius 1 is 1.38 bits per heavy atom. The van der Waals surface area contributed by atoms with E-state index in [1.165, 1.54) is 4.31 Å². The van der Waals surface area contributed by atoms with Gasteiger partial charge in [-0.3, -0.25) is 0 Å². The molecule has 1 atom stereocenters. The van der Waals surface area contributed by atoms with Crippen molar-refractivity contribution in [3.63, 3.8) is 0 Å². The number of benzene rings is 1. The average molecular weight is 343 g/mol. The van der Waals surface area contributed by atoms with Crippen LogP contribution in [0.2, 0.25) is 5.02 Å². The highest BCUT2D eigenvalue weighted by Gasteiger charge is 2.36. The van der Waals surface area contributed by atoms with E-state index < -0.39 is 31.7 Å². The van der Waals surface area contributed by atoms with Crippen LogP contribution in [-0.2, 0) is 16.2 Å². The van der Waals surface area contributed by atoms with Gasteiger partial charge in [-0.05, 0) is 25.1 Å². The molecule has 9 heteroatoms. The smallest absolute Gasteiger partial charge is 0.312 e. The molecule has 1 aliphatic heterocycles. The summed E-state index contributed by atoms with van der Waals surface area (Å²) in [4.78, 5) is -0.395. The zero-order chi connectivity index (χ0) is 15.8. The molecule has 0 aromatic heterocycles. The quantitative estimate of drug-likeness (QED) is 0.897. The normalized spacial score (nSPS) is 21.5. The van der Waals surface area contributed by atoms with Gasteiger partial charge in [-0.25, -0.2) is 8.42 Å². The van der Waals surface area contributed by atoms with Crippen molar-refractivity contribution >= 4 is 21.6 Å². The molecular weight excluding hydrogens is 329 g/mol. The first kappa shape index (κ1) is 16.5. The Labute approximate surface area is 125 Å². The van der Waals surface area contributed by atoms with Crippen LogP contribution in [0, 0.1) is 0 Å². The third-order valence-electron chi connectivity index (χ3n) is 3.21. The number of sulfonamides is 1. The van der Waals surface area contributed by atoms with Gasteiger partial charge >= 0.3 is 6.18 Å². The second-order valence-electron chi connectivity index (χ2n) is 4.86. The number of hydrogen-bond acceptors (Lipinski definition) is 3. The summed E-state index contributed by atoms with van der Waals surface area (Å²) in [5, 5.41) is 2.55. The van der Waals surface area contributed by atoms with Gasteiger partial charge in [0.1, 0.15) is 0 Å². The maximum Gasteiger partial charge on any atom is 0.417 e. The van der Waals surface area contributed by atoms with Crippen LogP contribution in [-0.4, -0.2) is 38.4 Å². The lowest BCUT2D eigenvalue weighted by Crippen LogP contribution is -2.51. The number of halogens is 4. The predicted molar refractivity (Wildman–Crippen MR) is 72.7 cm³/mol. The molecule has 1 unspecified atom stereocenters. The van der Waals surface area contributed by atoms with Crippen molar-refractivity contribution in [2.75, 3.05) is 19.6 Å². The second-order valence-corrected chi connectivity index (χ2v) is 7.20. The minimum atomic E-state index is -4.70. The standard InChI is InChI=1S/C12H14ClF3N2O2S/c1-8-7-18(5-4-17-8)21(19,20)9-2-3-11(13)10(6-9)12(14,15)16/h2-3,6,8,17H,4-5,7H2,1H3. The Morgan fingerprint density at radius 3 is 2.62 bits per heavy atom. The Balaban J connectivity index is 2.41. The lowest BCUT2D eigenvalue weighted by Gasteiger charge is -2.31. The number of rotatable bonds is 2. The van der Waals surface area contributed by atoms with Crippen LogP contribution in [0.4, 0.5) is 13.2 Å². The van der Waals surface area contributed by atoms with Gasteiger partial charge in [-0.2, -0.15) is 17.5 Å². The molecule has 0 radical (unpaired) electrons. The number of piperazine rings is 1. The highest BCUT2D eigenvalue weighted by Crippen LogP contribution is 2.36. The molecule has 0 amide bonds. The summed E-state index contributed by atoms with van der Waals surface area (Å²) in [6.07, 6.45) is -4.70. The molecule has 4 nitrogen and oxygen atoms in total. The number of nitrogens with zero attached hydrogens (tertiary/aromatic N) is 1. The van der Waals surface area contributed by atoms with Gasteiger partial charge in [0.25, 0.3) is 0 Å². The summed E-state index contributed by atoms with van der Waals surface area (Å²) in [6, 6.07) is 2.59. The molecule has 2 rings (SSSR count). The van der Waals surface area contributed by atoms with E-state index in [0.717, 1.165) is 12.1 Å². The van der Waals surface area contributed by atoms with Crippen molar-refractivity contribution in [2.24, 2.45) is 0 Å². The van der Waals surface area contributed by atoms with E-state index in [4.69, 9.17) is 11.6 Å². The molecule has 0 aliphatic carbocycles. The van der Waals surface area contributed by atoms with E-state index >= 15 is 0 Å². The average Bonchev–Trinajstić information content (AvgIpc) is 2.37. The SMILES string of the molecule is CC1CN(S(=O)(=O)c2ccc(Cl)c(C(F)(F)F)c2)CCN1. The summed E-state index contributed by atoms with van der Waals surface area (Å²) >= 11 is 5.50. The summed E-state index contributed by atoms with van der Waals surface area (Å²) in [7, 11) is -3.96. The maximum absolute atomic E-state index is 12.8. The van der Waals surface area contributed by atoms with Crippen LogP contribution in [0.25, 0.3) is 0 Å². The van der Waals surface area contributed by atoms with Crippen LogP contribution < -0.4 is 5.32 Å². The zero-order valence-electron chi connectivity index (χ0n) is 11.1. The monoisotopic (exact) mass is 342 g/mol. The van der Waals surface area contributed by atoms with Gasteiger partial charge in [0.15, 0.2) is 0 Å². The van der Waals surface area contributed by atoms with E-state index in [0.29, 0.717) is 12.6 Å². The van der Waals surface area contributed by atoms with E-state index in [1.807, 2.05) is 6.92 Å². The third-order valence-corrected chi connectivity index (χ3v) is 5.40. The molecule has 1 N–H and O–H groups in total.